The van der Waals surface area contributed by atoms with E-state index >= 15 is 0 Å². The van der Waals surface area contributed by atoms with Crippen LogP contribution in [-0.4, -0.2) is 9.46 Å². The number of hydrogen-bond acceptors (Lipinski definition) is 2. The smallest absolute Gasteiger partial charge is 0.0668 e. The van der Waals surface area contributed by atoms with Gasteiger partial charge in [-0.3, -0.25) is 4.21 Å². The lowest BCUT2D eigenvalue weighted by Gasteiger charge is -2.25. The number of hydrogen-bond donors (Lipinski definition) is 0. The molecule has 0 N–H and O–H groups in total. The van der Waals surface area contributed by atoms with E-state index < -0.39 is 10.8 Å². The summed E-state index contributed by atoms with van der Waals surface area (Å²) in [5.74, 6) is -0.0326. The first-order chi connectivity index (χ1) is 7.83. The molecular weight excluding hydrogens is 218 g/mol. The average molecular weight is 233 g/mol. The van der Waals surface area contributed by atoms with E-state index in [0.29, 0.717) is 0 Å². The van der Waals surface area contributed by atoms with Crippen LogP contribution in [0, 0.1) is 17.2 Å². The zero-order valence-electron chi connectivity index (χ0n) is 9.13. The van der Waals surface area contributed by atoms with Gasteiger partial charge < -0.3 is 0 Å². The zero-order valence-corrected chi connectivity index (χ0v) is 9.95. The summed E-state index contributed by atoms with van der Waals surface area (Å²) < 4.78 is 12.3. The fourth-order valence-corrected chi connectivity index (χ4v) is 3.88. The van der Waals surface area contributed by atoms with Crippen molar-refractivity contribution in [1.82, 2.24) is 0 Å². The minimum absolute atomic E-state index is 0.0288. The lowest BCUT2D eigenvalue weighted by Crippen LogP contribution is -2.28. The predicted octanol–water partition coefficient (Wildman–Crippen LogP) is 2.88. The Morgan fingerprint density at radius 1 is 1.19 bits per heavy atom. The molecule has 0 aliphatic heterocycles. The van der Waals surface area contributed by atoms with Crippen molar-refractivity contribution in [3.63, 3.8) is 0 Å². The number of nitrogens with zero attached hydrogens (tertiary/aromatic N) is 1. The molecule has 84 valence electrons. The molecule has 1 aromatic carbocycles. The molecular formula is C13H15NOS. The van der Waals surface area contributed by atoms with Gasteiger partial charge >= 0.3 is 0 Å². The Morgan fingerprint density at radius 2 is 1.88 bits per heavy atom. The second-order valence-corrected chi connectivity index (χ2v) is 5.84. The predicted molar refractivity (Wildman–Crippen MR) is 64.2 cm³/mol. The van der Waals surface area contributed by atoms with Crippen molar-refractivity contribution in [2.45, 2.75) is 35.8 Å². The first-order valence-corrected chi connectivity index (χ1v) is 6.89. The lowest BCUT2D eigenvalue weighted by molar-refractivity contribution is 0.431. The van der Waals surface area contributed by atoms with Gasteiger partial charge in [-0.2, -0.15) is 5.26 Å². The van der Waals surface area contributed by atoms with Crippen molar-refractivity contribution in [1.29, 1.82) is 5.26 Å². The molecule has 2 rings (SSSR count). The highest BCUT2D eigenvalue weighted by molar-refractivity contribution is 7.85. The summed E-state index contributed by atoms with van der Waals surface area (Å²) in [6.45, 7) is 0. The molecule has 1 fully saturated rings. The van der Waals surface area contributed by atoms with Crippen LogP contribution in [0.3, 0.4) is 0 Å². The summed E-state index contributed by atoms with van der Waals surface area (Å²) in [6.07, 6.45) is 4.02. The Morgan fingerprint density at radius 3 is 2.56 bits per heavy atom. The highest BCUT2D eigenvalue weighted by atomic mass is 32.2. The summed E-state index contributed by atoms with van der Waals surface area (Å²) in [6, 6.07) is 11.8. The summed E-state index contributed by atoms with van der Waals surface area (Å²) in [4.78, 5) is 0.856. The Balaban J connectivity index is 2.18. The standard InChI is InChI=1S/C13H15NOS/c14-10-11-6-4-5-9-13(11)16(15)12-7-2-1-3-8-12/h1-3,7-8,11,13H,4-6,9H2. The quantitative estimate of drug-likeness (QED) is 0.788. The van der Waals surface area contributed by atoms with Gasteiger partial charge in [0.15, 0.2) is 0 Å². The van der Waals surface area contributed by atoms with E-state index in [-0.39, 0.29) is 11.2 Å². The van der Waals surface area contributed by atoms with Gasteiger partial charge in [0, 0.05) is 4.90 Å². The van der Waals surface area contributed by atoms with Crippen LogP contribution in [0.1, 0.15) is 25.7 Å². The average Bonchev–Trinajstić information content (AvgIpc) is 2.39. The fraction of sp³-hybridized carbons (Fsp3) is 0.462. The van der Waals surface area contributed by atoms with Gasteiger partial charge in [-0.25, -0.2) is 0 Å². The van der Waals surface area contributed by atoms with Crippen LogP contribution in [-0.2, 0) is 10.8 Å². The number of benzene rings is 1. The SMILES string of the molecule is N#CC1CCCCC1S(=O)c1ccccc1. The van der Waals surface area contributed by atoms with E-state index in [1.807, 2.05) is 30.3 Å². The van der Waals surface area contributed by atoms with Gasteiger partial charge in [0.2, 0.25) is 0 Å². The highest BCUT2D eigenvalue weighted by Gasteiger charge is 2.30. The molecule has 0 amide bonds. The van der Waals surface area contributed by atoms with Gasteiger partial charge in [-0.1, -0.05) is 31.0 Å². The van der Waals surface area contributed by atoms with Crippen LogP contribution < -0.4 is 0 Å². The van der Waals surface area contributed by atoms with Gasteiger partial charge in [0.05, 0.1) is 28.0 Å². The summed E-state index contributed by atoms with van der Waals surface area (Å²) >= 11 is 0. The third kappa shape index (κ3) is 2.33. The molecule has 16 heavy (non-hydrogen) atoms. The third-order valence-electron chi connectivity index (χ3n) is 3.12. The van der Waals surface area contributed by atoms with E-state index in [1.54, 1.807) is 0 Å². The van der Waals surface area contributed by atoms with Crippen LogP contribution in [0.25, 0.3) is 0 Å². The molecule has 1 aliphatic rings. The largest absolute Gasteiger partial charge is 0.254 e. The van der Waals surface area contributed by atoms with E-state index in [1.165, 1.54) is 0 Å². The molecule has 0 heterocycles. The Bertz CT molecular complexity index is 410. The van der Waals surface area contributed by atoms with E-state index in [2.05, 4.69) is 6.07 Å². The lowest BCUT2D eigenvalue weighted by atomic mass is 9.90. The van der Waals surface area contributed by atoms with Crippen LogP contribution in [0.5, 0.6) is 0 Å². The van der Waals surface area contributed by atoms with Gasteiger partial charge in [-0.05, 0) is 25.0 Å². The number of rotatable bonds is 2. The Kier molecular flexibility index (Phi) is 3.74. The second kappa shape index (κ2) is 5.27. The maximum atomic E-state index is 12.3. The van der Waals surface area contributed by atoms with Crippen LogP contribution in [0.15, 0.2) is 35.2 Å². The van der Waals surface area contributed by atoms with Crippen LogP contribution >= 0.6 is 0 Å². The molecule has 0 bridgehead atoms. The van der Waals surface area contributed by atoms with E-state index in [4.69, 9.17) is 5.26 Å². The monoisotopic (exact) mass is 233 g/mol. The molecule has 0 radical (unpaired) electrons. The molecule has 3 unspecified atom stereocenters. The minimum atomic E-state index is -1.02. The van der Waals surface area contributed by atoms with Crippen molar-refractivity contribution in [3.05, 3.63) is 30.3 Å². The van der Waals surface area contributed by atoms with Crippen molar-refractivity contribution < 1.29 is 4.21 Å². The number of nitriles is 1. The van der Waals surface area contributed by atoms with Crippen molar-refractivity contribution >= 4 is 10.8 Å². The van der Waals surface area contributed by atoms with Crippen molar-refractivity contribution in [2.24, 2.45) is 5.92 Å². The molecule has 0 spiro atoms. The van der Waals surface area contributed by atoms with Gasteiger partial charge in [-0.15, -0.1) is 0 Å². The zero-order chi connectivity index (χ0) is 11.4. The van der Waals surface area contributed by atoms with E-state index in [0.717, 1.165) is 30.6 Å². The second-order valence-electron chi connectivity index (χ2n) is 4.17. The first kappa shape index (κ1) is 11.3. The topological polar surface area (TPSA) is 40.9 Å². The molecule has 0 saturated heterocycles. The van der Waals surface area contributed by atoms with Crippen molar-refractivity contribution in [2.75, 3.05) is 0 Å². The fourth-order valence-electron chi connectivity index (χ4n) is 2.23. The maximum absolute atomic E-state index is 12.3. The van der Waals surface area contributed by atoms with Gasteiger partial charge in [0.25, 0.3) is 0 Å². The van der Waals surface area contributed by atoms with Crippen LogP contribution in [0.2, 0.25) is 0 Å². The third-order valence-corrected chi connectivity index (χ3v) is 4.97. The molecule has 1 aromatic rings. The highest BCUT2D eigenvalue weighted by Crippen LogP contribution is 2.30. The summed E-state index contributed by atoms with van der Waals surface area (Å²) in [7, 11) is -1.02. The molecule has 1 aliphatic carbocycles. The first-order valence-electron chi connectivity index (χ1n) is 5.68. The maximum Gasteiger partial charge on any atom is 0.0668 e. The Hall–Kier alpha value is -1.14. The van der Waals surface area contributed by atoms with Gasteiger partial charge in [0.1, 0.15) is 0 Å². The minimum Gasteiger partial charge on any atom is -0.254 e. The molecule has 1 saturated carbocycles. The Labute approximate surface area is 98.7 Å². The molecule has 3 heteroatoms. The normalized spacial score (nSPS) is 26.9. The van der Waals surface area contributed by atoms with Crippen LogP contribution in [0.4, 0.5) is 0 Å². The molecule has 3 atom stereocenters. The molecule has 0 aromatic heterocycles. The van der Waals surface area contributed by atoms with Crippen molar-refractivity contribution in [3.8, 4) is 6.07 Å². The van der Waals surface area contributed by atoms with E-state index in [9.17, 15) is 4.21 Å². The summed E-state index contributed by atoms with van der Waals surface area (Å²) in [5.41, 5.74) is 0. The molecule has 2 nitrogen and oxygen atoms in total. The summed E-state index contributed by atoms with van der Waals surface area (Å²) in [5, 5.41) is 9.10.